The van der Waals surface area contributed by atoms with E-state index in [1.807, 2.05) is 79.8 Å². The molecule has 5 nitrogen and oxygen atoms in total. The molecule has 3 heterocycles. The van der Waals surface area contributed by atoms with Gasteiger partial charge in [-0.2, -0.15) is 0 Å². The van der Waals surface area contributed by atoms with E-state index in [2.05, 4.69) is 22.0 Å². The Balaban J connectivity index is 1.45. The van der Waals surface area contributed by atoms with Crippen LogP contribution >= 0.6 is 23.5 Å². The molecule has 0 N–H and O–H groups in total. The standard InChI is InChI=1S/C27H20N4OS2/c1-30-22-14-5-6-15-23(22)33-26(30)24-25(32)31(17-18-9-3-2-4-10-18)27(34-24)29-21-13-7-12-20-19(21)11-8-16-28-20/h2-16H,17H2,1H3/b26-24-,29-27-. The number of nitrogens with zero attached hydrogens (tertiary/aromatic N) is 4. The number of anilines is 1. The number of carbonyl (C=O) groups excluding carboxylic acids is 1. The summed E-state index contributed by atoms with van der Waals surface area (Å²) in [4.78, 5) is 29.0. The Morgan fingerprint density at radius 2 is 1.71 bits per heavy atom. The minimum absolute atomic E-state index is 0.0203. The lowest BCUT2D eigenvalue weighted by Crippen LogP contribution is -2.29. The minimum atomic E-state index is -0.0203. The molecule has 4 aromatic rings. The van der Waals surface area contributed by atoms with Crippen LogP contribution in [-0.2, 0) is 11.3 Å². The summed E-state index contributed by atoms with van der Waals surface area (Å²) >= 11 is 3.08. The summed E-state index contributed by atoms with van der Waals surface area (Å²) in [6, 6.07) is 28.1. The molecule has 0 unspecified atom stereocenters. The molecule has 0 atom stereocenters. The van der Waals surface area contributed by atoms with Crippen molar-refractivity contribution in [3.05, 3.63) is 107 Å². The molecule has 1 fully saturated rings. The SMILES string of the molecule is CN1/C(=C2/S/C(=N\c3cccc4ncccc34)N(Cc3ccccc3)C2=O)Sc2ccccc21. The predicted molar refractivity (Wildman–Crippen MR) is 141 cm³/mol. The summed E-state index contributed by atoms with van der Waals surface area (Å²) in [5, 5.41) is 2.59. The van der Waals surface area contributed by atoms with Crippen LogP contribution in [0.15, 0.2) is 111 Å². The second-order valence-electron chi connectivity index (χ2n) is 7.98. The maximum Gasteiger partial charge on any atom is 0.269 e. The molecule has 3 aromatic carbocycles. The van der Waals surface area contributed by atoms with E-state index in [-0.39, 0.29) is 5.91 Å². The fourth-order valence-electron chi connectivity index (χ4n) is 4.11. The second-order valence-corrected chi connectivity index (χ2v) is 9.99. The lowest BCUT2D eigenvalue weighted by molar-refractivity contribution is -0.122. The number of benzene rings is 3. The van der Waals surface area contributed by atoms with Gasteiger partial charge in [0.15, 0.2) is 5.17 Å². The fraction of sp³-hybridized carbons (Fsp3) is 0.0741. The topological polar surface area (TPSA) is 48.8 Å². The summed E-state index contributed by atoms with van der Waals surface area (Å²) in [5.41, 5.74) is 3.86. The Hall–Kier alpha value is -3.55. The molecule has 0 radical (unpaired) electrons. The molecular formula is C27H20N4OS2. The van der Waals surface area contributed by atoms with Crippen LogP contribution in [-0.4, -0.2) is 28.0 Å². The largest absolute Gasteiger partial charge is 0.337 e. The van der Waals surface area contributed by atoms with Crippen LogP contribution in [0.5, 0.6) is 0 Å². The Bertz CT molecular complexity index is 1480. The van der Waals surface area contributed by atoms with Gasteiger partial charge >= 0.3 is 0 Å². The van der Waals surface area contributed by atoms with Gasteiger partial charge in [-0.05, 0) is 53.7 Å². The Morgan fingerprint density at radius 3 is 2.56 bits per heavy atom. The summed E-state index contributed by atoms with van der Waals surface area (Å²) in [7, 11) is 2.02. The van der Waals surface area contributed by atoms with Gasteiger partial charge in [-0.3, -0.25) is 14.7 Å². The highest BCUT2D eigenvalue weighted by Gasteiger charge is 2.39. The quantitative estimate of drug-likeness (QED) is 0.317. The Kier molecular flexibility index (Phi) is 5.36. The van der Waals surface area contributed by atoms with Crippen LogP contribution in [0, 0.1) is 0 Å². The number of rotatable bonds is 3. The third-order valence-electron chi connectivity index (χ3n) is 5.82. The van der Waals surface area contributed by atoms with Crippen LogP contribution in [0.25, 0.3) is 10.9 Å². The van der Waals surface area contributed by atoms with Crippen molar-refractivity contribution >= 4 is 56.9 Å². The van der Waals surface area contributed by atoms with Crippen molar-refractivity contribution < 1.29 is 4.79 Å². The fourth-order valence-corrected chi connectivity index (χ4v) is 6.45. The van der Waals surface area contributed by atoms with E-state index in [1.165, 1.54) is 11.8 Å². The molecule has 2 aliphatic heterocycles. The maximum atomic E-state index is 13.8. The number of thioether (sulfide) groups is 2. The van der Waals surface area contributed by atoms with Crippen molar-refractivity contribution in [1.82, 2.24) is 9.88 Å². The summed E-state index contributed by atoms with van der Waals surface area (Å²) in [5.74, 6) is -0.0203. The highest BCUT2D eigenvalue weighted by Crippen LogP contribution is 2.50. The number of fused-ring (bicyclic) bond motifs is 2. The summed E-state index contributed by atoms with van der Waals surface area (Å²) in [6.45, 7) is 0.465. The third-order valence-corrected chi connectivity index (χ3v) is 8.25. The smallest absolute Gasteiger partial charge is 0.269 e. The maximum absolute atomic E-state index is 13.8. The van der Waals surface area contributed by atoms with E-state index in [4.69, 9.17) is 4.99 Å². The van der Waals surface area contributed by atoms with Gasteiger partial charge in [0.25, 0.3) is 5.91 Å². The van der Waals surface area contributed by atoms with E-state index in [0.29, 0.717) is 16.6 Å². The lowest BCUT2D eigenvalue weighted by Gasteiger charge is -2.17. The second kappa shape index (κ2) is 8.66. The molecule has 34 heavy (non-hydrogen) atoms. The lowest BCUT2D eigenvalue weighted by atomic mass is 10.2. The van der Waals surface area contributed by atoms with E-state index < -0.39 is 0 Å². The van der Waals surface area contributed by atoms with Gasteiger partial charge in [0.05, 0.1) is 28.5 Å². The molecule has 1 amide bonds. The molecule has 0 bridgehead atoms. The molecule has 0 aliphatic carbocycles. The first-order valence-electron chi connectivity index (χ1n) is 10.9. The molecule has 7 heteroatoms. The molecule has 0 saturated carbocycles. The van der Waals surface area contributed by atoms with Gasteiger partial charge < -0.3 is 4.90 Å². The van der Waals surface area contributed by atoms with Crippen molar-refractivity contribution in [2.24, 2.45) is 4.99 Å². The predicted octanol–water partition coefficient (Wildman–Crippen LogP) is 6.41. The molecule has 2 aliphatic rings. The Morgan fingerprint density at radius 1 is 0.882 bits per heavy atom. The first-order valence-corrected chi connectivity index (χ1v) is 12.5. The first kappa shape index (κ1) is 21.0. The van der Waals surface area contributed by atoms with E-state index >= 15 is 0 Å². The Labute approximate surface area is 206 Å². The van der Waals surface area contributed by atoms with Gasteiger partial charge in [0.1, 0.15) is 4.91 Å². The number of hydrogen-bond acceptors (Lipinski definition) is 6. The van der Waals surface area contributed by atoms with Gasteiger partial charge in [-0.15, -0.1) is 0 Å². The minimum Gasteiger partial charge on any atom is -0.337 e. The number of carbonyl (C=O) groups is 1. The number of amidine groups is 1. The van der Waals surface area contributed by atoms with E-state index in [9.17, 15) is 4.79 Å². The molecule has 166 valence electrons. The first-order chi connectivity index (χ1) is 16.7. The van der Waals surface area contributed by atoms with Crippen LogP contribution in [0.2, 0.25) is 0 Å². The average Bonchev–Trinajstić information content (AvgIpc) is 3.36. The van der Waals surface area contributed by atoms with Gasteiger partial charge in [0.2, 0.25) is 0 Å². The number of aromatic nitrogens is 1. The number of hydrogen-bond donors (Lipinski definition) is 0. The molecule has 0 spiro atoms. The van der Waals surface area contributed by atoms with Gasteiger partial charge in [-0.1, -0.05) is 60.3 Å². The number of pyridine rings is 1. The monoisotopic (exact) mass is 480 g/mol. The zero-order valence-corrected chi connectivity index (χ0v) is 20.0. The third kappa shape index (κ3) is 3.67. The van der Waals surface area contributed by atoms with Crippen molar-refractivity contribution in [2.75, 3.05) is 11.9 Å². The number of aliphatic imine (C=N–C) groups is 1. The highest BCUT2D eigenvalue weighted by molar-refractivity contribution is 8.19. The van der Waals surface area contributed by atoms with Crippen molar-refractivity contribution in [3.8, 4) is 0 Å². The zero-order chi connectivity index (χ0) is 23.1. The van der Waals surface area contributed by atoms with Gasteiger partial charge in [-0.25, -0.2) is 4.99 Å². The average molecular weight is 481 g/mol. The van der Waals surface area contributed by atoms with Crippen molar-refractivity contribution in [1.29, 1.82) is 0 Å². The van der Waals surface area contributed by atoms with E-state index in [1.54, 1.807) is 22.9 Å². The highest BCUT2D eigenvalue weighted by atomic mass is 32.2. The number of amides is 1. The van der Waals surface area contributed by atoms with Gasteiger partial charge in [0, 0.05) is 23.5 Å². The van der Waals surface area contributed by atoms with Crippen LogP contribution in [0.4, 0.5) is 11.4 Å². The normalized spacial score (nSPS) is 18.9. The summed E-state index contributed by atoms with van der Waals surface area (Å²) < 4.78 is 0. The molecule has 1 saturated heterocycles. The van der Waals surface area contributed by atoms with Crippen molar-refractivity contribution in [3.63, 3.8) is 0 Å². The van der Waals surface area contributed by atoms with Crippen LogP contribution < -0.4 is 4.90 Å². The molecule has 1 aromatic heterocycles. The van der Waals surface area contributed by atoms with Crippen LogP contribution in [0.1, 0.15) is 5.56 Å². The molecular weight excluding hydrogens is 460 g/mol. The van der Waals surface area contributed by atoms with Crippen molar-refractivity contribution in [2.45, 2.75) is 11.4 Å². The van der Waals surface area contributed by atoms with E-state index in [0.717, 1.165) is 37.8 Å². The number of para-hydroxylation sites is 1. The summed E-state index contributed by atoms with van der Waals surface area (Å²) in [6.07, 6.45) is 1.78. The molecule has 6 rings (SSSR count). The zero-order valence-electron chi connectivity index (χ0n) is 18.4. The van der Waals surface area contributed by atoms with Crippen LogP contribution in [0.3, 0.4) is 0 Å².